The number of pyridine rings is 2. The van der Waals surface area contributed by atoms with Crippen LogP contribution in [-0.2, 0) is 33.7 Å². The third kappa shape index (κ3) is 4.39. The number of aromatic nitrogens is 2. The van der Waals surface area contributed by atoms with Gasteiger partial charge in [0.15, 0.2) is 0 Å². The van der Waals surface area contributed by atoms with Crippen LogP contribution in [-0.4, -0.2) is 24.1 Å². The molecule has 2 heterocycles. The van der Waals surface area contributed by atoms with E-state index in [0.29, 0.717) is 0 Å². The van der Waals surface area contributed by atoms with Crippen LogP contribution in [0.2, 0.25) is 0 Å². The standard InChI is InChI=1S/C16H10N2.C8H11NS.Pt/c1-3-12-7-5-11-6-8-13-4-2-10-18-16(13)14(11)15(12)17-9-1;1-9(2)7-5-3-4-6-8(7)10;/h1-10H;3-6,10H,1-2H3;/q;;+2/p-1. The van der Waals surface area contributed by atoms with Gasteiger partial charge in [-0.3, -0.25) is 9.97 Å². The molecule has 3 nitrogen and oxygen atoms in total. The molecule has 0 bridgehead atoms. The minimum Gasteiger partial charge on any atom is -0.778 e. The predicted octanol–water partition coefficient (Wildman–Crippen LogP) is 5.59. The largest absolute Gasteiger partial charge is 2.00 e. The Labute approximate surface area is 190 Å². The second-order valence-electron chi connectivity index (χ2n) is 6.74. The van der Waals surface area contributed by atoms with Crippen molar-refractivity contribution < 1.29 is 21.1 Å². The van der Waals surface area contributed by atoms with Crippen LogP contribution < -0.4 is 4.90 Å². The van der Waals surface area contributed by atoms with E-state index in [9.17, 15) is 0 Å². The van der Waals surface area contributed by atoms with Crippen LogP contribution in [0.3, 0.4) is 0 Å². The number of rotatable bonds is 1. The molecule has 3 aromatic carbocycles. The van der Waals surface area contributed by atoms with E-state index in [0.717, 1.165) is 37.8 Å². The number of benzene rings is 3. The molecule has 0 aliphatic carbocycles. The van der Waals surface area contributed by atoms with E-state index in [-0.39, 0.29) is 21.1 Å². The fraction of sp³-hybridized carbons (Fsp3) is 0.0833. The maximum absolute atomic E-state index is 5.09. The van der Waals surface area contributed by atoms with Gasteiger partial charge in [-0.05, 0) is 23.6 Å². The Morgan fingerprint density at radius 1 is 0.655 bits per heavy atom. The summed E-state index contributed by atoms with van der Waals surface area (Å²) in [5, 5.41) is 4.64. The van der Waals surface area contributed by atoms with Gasteiger partial charge in [-0.25, -0.2) is 0 Å². The molecule has 0 fully saturated rings. The quantitative estimate of drug-likeness (QED) is 0.192. The Morgan fingerprint density at radius 2 is 1.17 bits per heavy atom. The van der Waals surface area contributed by atoms with Crippen molar-refractivity contribution in [2.45, 2.75) is 4.90 Å². The second-order valence-corrected chi connectivity index (χ2v) is 7.18. The summed E-state index contributed by atoms with van der Waals surface area (Å²) in [6.07, 6.45) is 3.67. The summed E-state index contributed by atoms with van der Waals surface area (Å²) in [6, 6.07) is 24.5. The fourth-order valence-corrected chi connectivity index (χ4v) is 3.64. The molecule has 0 aliphatic heterocycles. The van der Waals surface area contributed by atoms with Crippen molar-refractivity contribution in [1.29, 1.82) is 0 Å². The van der Waals surface area contributed by atoms with Crippen molar-refractivity contribution in [3.05, 3.63) is 85.2 Å². The molecule has 29 heavy (non-hydrogen) atoms. The first-order chi connectivity index (χ1) is 13.6. The van der Waals surface area contributed by atoms with Crippen molar-refractivity contribution in [3.63, 3.8) is 0 Å². The fourth-order valence-electron chi connectivity index (χ4n) is 3.32. The summed E-state index contributed by atoms with van der Waals surface area (Å²) in [5.74, 6) is 0. The monoisotopic (exact) mass is 577 g/mol. The zero-order valence-corrected chi connectivity index (χ0v) is 19.2. The van der Waals surface area contributed by atoms with Gasteiger partial charge in [-0.2, -0.15) is 4.90 Å². The molecule has 0 saturated heterocycles. The number of hydrogen-bond acceptors (Lipinski definition) is 4. The first-order valence-corrected chi connectivity index (χ1v) is 9.50. The van der Waals surface area contributed by atoms with Gasteiger partial charge in [0.05, 0.1) is 11.0 Å². The molecule has 5 rings (SSSR count). The zero-order chi connectivity index (χ0) is 19.5. The summed E-state index contributed by atoms with van der Waals surface area (Å²) in [6.45, 7) is 0. The van der Waals surface area contributed by atoms with Gasteiger partial charge in [-0.15, -0.1) is 0 Å². The first kappa shape index (κ1) is 21.2. The van der Waals surface area contributed by atoms with Crippen molar-refractivity contribution in [3.8, 4) is 0 Å². The summed E-state index contributed by atoms with van der Waals surface area (Å²) in [5.41, 5.74) is 3.16. The van der Waals surface area contributed by atoms with E-state index in [4.69, 9.17) is 12.6 Å². The van der Waals surface area contributed by atoms with Crippen LogP contribution in [0.5, 0.6) is 0 Å². The third-order valence-corrected chi connectivity index (χ3v) is 5.02. The molecule has 0 aliphatic rings. The van der Waals surface area contributed by atoms with E-state index in [1.54, 1.807) is 0 Å². The minimum absolute atomic E-state index is 0. The summed E-state index contributed by atoms with van der Waals surface area (Å²) >= 11 is 5.09. The Hall–Kier alpha value is -2.55. The molecule has 5 aromatic rings. The normalized spacial score (nSPS) is 10.3. The van der Waals surface area contributed by atoms with Crippen molar-refractivity contribution in [2.75, 3.05) is 19.0 Å². The van der Waals surface area contributed by atoms with E-state index in [2.05, 4.69) is 46.4 Å². The second kappa shape index (κ2) is 9.30. The van der Waals surface area contributed by atoms with Gasteiger partial charge >= 0.3 is 21.1 Å². The molecule has 5 heteroatoms. The van der Waals surface area contributed by atoms with Gasteiger partial charge in [0.2, 0.25) is 0 Å². The molecular formula is C24H20N3PtS+. The molecule has 0 amide bonds. The molecule has 0 unspecified atom stereocenters. The third-order valence-electron chi connectivity index (χ3n) is 4.67. The van der Waals surface area contributed by atoms with Gasteiger partial charge in [0.1, 0.15) is 0 Å². The van der Waals surface area contributed by atoms with Crippen LogP contribution in [0, 0.1) is 0 Å². The SMILES string of the molecule is CN(C)c1ccccc1[S-].[Pt+2].c1cnc2c(c1)ccc1ccc3cccnc3c12. The van der Waals surface area contributed by atoms with Crippen molar-refractivity contribution in [1.82, 2.24) is 9.97 Å². The van der Waals surface area contributed by atoms with E-state index in [1.807, 2.05) is 67.8 Å². The Bertz CT molecular complexity index is 1200. The van der Waals surface area contributed by atoms with Gasteiger partial charge in [0.25, 0.3) is 0 Å². The van der Waals surface area contributed by atoms with Crippen LogP contribution in [0.15, 0.2) is 90.1 Å². The van der Waals surface area contributed by atoms with Crippen LogP contribution >= 0.6 is 0 Å². The maximum atomic E-state index is 5.09. The van der Waals surface area contributed by atoms with Crippen molar-refractivity contribution in [2.24, 2.45) is 0 Å². The number of fused-ring (bicyclic) bond motifs is 5. The zero-order valence-electron chi connectivity index (χ0n) is 16.1. The average Bonchev–Trinajstić information content (AvgIpc) is 2.74. The minimum atomic E-state index is 0. The molecule has 146 valence electrons. The number of hydrogen-bond donors (Lipinski definition) is 0. The Balaban J connectivity index is 0.000000189. The van der Waals surface area contributed by atoms with Gasteiger partial charge < -0.3 is 17.5 Å². The summed E-state index contributed by atoms with van der Waals surface area (Å²) in [4.78, 5) is 12.0. The number of nitrogens with zero attached hydrogens (tertiary/aromatic N) is 3. The smallest absolute Gasteiger partial charge is 0.778 e. The Morgan fingerprint density at radius 3 is 1.66 bits per heavy atom. The van der Waals surface area contributed by atoms with E-state index in [1.165, 1.54) is 5.39 Å². The molecule has 0 saturated carbocycles. The number of para-hydroxylation sites is 1. The van der Waals surface area contributed by atoms with Gasteiger partial charge in [-0.1, -0.05) is 54.6 Å². The molecule has 0 atom stereocenters. The predicted molar refractivity (Wildman–Crippen MR) is 121 cm³/mol. The number of anilines is 1. The molecule has 0 spiro atoms. The van der Waals surface area contributed by atoms with E-state index < -0.39 is 0 Å². The molecule has 0 N–H and O–H groups in total. The molecule has 0 radical (unpaired) electrons. The van der Waals surface area contributed by atoms with E-state index >= 15 is 0 Å². The van der Waals surface area contributed by atoms with Crippen LogP contribution in [0.25, 0.3) is 32.6 Å². The van der Waals surface area contributed by atoms with Crippen molar-refractivity contribution >= 4 is 50.9 Å². The summed E-state index contributed by atoms with van der Waals surface area (Å²) < 4.78 is 0. The molecule has 2 aromatic heterocycles. The van der Waals surface area contributed by atoms with Crippen LogP contribution in [0.1, 0.15) is 0 Å². The average molecular weight is 578 g/mol. The topological polar surface area (TPSA) is 29.0 Å². The van der Waals surface area contributed by atoms with Gasteiger partial charge in [0, 0.05) is 48.3 Å². The summed E-state index contributed by atoms with van der Waals surface area (Å²) in [7, 11) is 3.98. The Kier molecular flexibility index (Phi) is 6.79. The maximum Gasteiger partial charge on any atom is 2.00 e. The molecular weight excluding hydrogens is 557 g/mol. The first-order valence-electron chi connectivity index (χ1n) is 9.10. The van der Waals surface area contributed by atoms with Crippen LogP contribution in [0.4, 0.5) is 5.69 Å².